The minimum Gasteiger partial charge on any atom is -0.359 e. The van der Waals surface area contributed by atoms with Crippen LogP contribution in [-0.4, -0.2) is 12.0 Å². The van der Waals surface area contributed by atoms with Crippen LogP contribution in [0.1, 0.15) is 1.37 Å². The molecule has 0 N–H and O–H groups in total. The molecule has 1 atom stereocenters. The molecule has 1 aliphatic heterocycles. The van der Waals surface area contributed by atoms with Crippen molar-refractivity contribution in [3.05, 3.63) is 12.1 Å². The molecular weight excluding hydrogens is 96.1 g/mol. The largest absolute Gasteiger partial charge is 0.359 e. The summed E-state index contributed by atoms with van der Waals surface area (Å²) >= 11 is 4.65. The number of hydrogen-bond donors (Lipinski definition) is 0. The van der Waals surface area contributed by atoms with Crippen LogP contribution < -0.4 is 0 Å². The second-order valence-corrected chi connectivity index (χ2v) is 1.46. The van der Waals surface area contributed by atoms with Gasteiger partial charge in [-0.05, 0) is 6.05 Å². The third kappa shape index (κ3) is 0.758. The van der Waals surface area contributed by atoms with Gasteiger partial charge in [-0.15, -0.1) is 0 Å². The van der Waals surface area contributed by atoms with Crippen molar-refractivity contribution in [1.29, 1.82) is 0 Å². The van der Waals surface area contributed by atoms with Crippen LogP contribution >= 0.6 is 12.6 Å². The van der Waals surface area contributed by atoms with Gasteiger partial charge in [-0.1, -0.05) is 18.7 Å². The highest BCUT2D eigenvalue weighted by Crippen LogP contribution is 2.04. The molecule has 0 aromatic heterocycles. The predicted octanol–water partition coefficient (Wildman–Crippen LogP) is 1.10. The molecule has 0 amide bonds. The van der Waals surface area contributed by atoms with Gasteiger partial charge in [0.25, 0.3) is 0 Å². The minimum absolute atomic E-state index is 0.375. The van der Waals surface area contributed by atoms with E-state index in [2.05, 4.69) is 12.6 Å². The smallest absolute Gasteiger partial charge is 0.132 e. The standard InChI is InChI=1S/C4H5OS/c6-4-2-1-3-5-4/h1-2,4H,3H2/i2D. The summed E-state index contributed by atoms with van der Waals surface area (Å²) in [6.45, 7) is 0.521. The quantitative estimate of drug-likeness (QED) is 0.416. The molecule has 0 fully saturated rings. The fourth-order valence-corrected chi connectivity index (χ4v) is 0.503. The van der Waals surface area contributed by atoms with Gasteiger partial charge in [0.2, 0.25) is 0 Å². The average Bonchev–Trinajstić information content (AvgIpc) is 1.91. The third-order valence-corrected chi connectivity index (χ3v) is 0.857. The highest BCUT2D eigenvalue weighted by Gasteiger charge is 2.00. The first-order valence-electron chi connectivity index (χ1n) is 2.25. The van der Waals surface area contributed by atoms with Gasteiger partial charge in [-0.25, -0.2) is 0 Å². The van der Waals surface area contributed by atoms with Crippen molar-refractivity contribution < 1.29 is 6.11 Å². The van der Waals surface area contributed by atoms with Gasteiger partial charge < -0.3 is 4.74 Å². The van der Waals surface area contributed by atoms with Crippen molar-refractivity contribution in [2.24, 2.45) is 0 Å². The van der Waals surface area contributed by atoms with Crippen molar-refractivity contribution in [2.75, 3.05) is 6.61 Å². The lowest BCUT2D eigenvalue weighted by Crippen LogP contribution is -1.90. The Morgan fingerprint density at radius 2 is 3.00 bits per heavy atom. The van der Waals surface area contributed by atoms with Gasteiger partial charge in [0.1, 0.15) is 5.44 Å². The van der Waals surface area contributed by atoms with E-state index in [9.17, 15) is 0 Å². The Hall–Kier alpha value is 0.0500. The van der Waals surface area contributed by atoms with Crippen molar-refractivity contribution in [3.8, 4) is 0 Å². The van der Waals surface area contributed by atoms with Gasteiger partial charge in [0.05, 0.1) is 7.98 Å². The summed E-state index contributed by atoms with van der Waals surface area (Å²) in [4.78, 5) is 0. The highest BCUT2D eigenvalue weighted by atomic mass is 32.1. The molecule has 0 spiro atoms. The Balaban J connectivity index is 2.54. The van der Waals surface area contributed by atoms with Crippen LogP contribution in [-0.2, 0) is 4.74 Å². The van der Waals surface area contributed by atoms with Crippen LogP contribution in [0.25, 0.3) is 0 Å². The number of ether oxygens (including phenoxy) is 1. The summed E-state index contributed by atoms with van der Waals surface area (Å²) in [6.07, 6.45) is 1.68. The van der Waals surface area contributed by atoms with Gasteiger partial charge in [-0.2, -0.15) is 0 Å². The monoisotopic (exact) mass is 102 g/mol. The van der Waals surface area contributed by atoms with E-state index in [4.69, 9.17) is 6.11 Å². The van der Waals surface area contributed by atoms with E-state index < -0.39 is 0 Å². The van der Waals surface area contributed by atoms with Crippen molar-refractivity contribution in [2.45, 2.75) is 5.44 Å². The predicted molar refractivity (Wildman–Crippen MR) is 26.5 cm³/mol. The zero-order chi connectivity index (χ0) is 5.28. The summed E-state index contributed by atoms with van der Waals surface area (Å²) < 4.78 is 11.8. The molecule has 0 saturated carbocycles. The number of hydrogen-bond acceptors (Lipinski definition) is 1. The molecule has 33 valence electrons. The summed E-state index contributed by atoms with van der Waals surface area (Å²) in [5, 5.41) is 0. The van der Waals surface area contributed by atoms with Crippen LogP contribution in [0.5, 0.6) is 0 Å². The van der Waals surface area contributed by atoms with Crippen LogP contribution in [0, 0.1) is 0 Å². The minimum atomic E-state index is -0.375. The van der Waals surface area contributed by atoms with E-state index in [1.807, 2.05) is 0 Å². The van der Waals surface area contributed by atoms with Crippen molar-refractivity contribution >= 4 is 12.6 Å². The van der Waals surface area contributed by atoms with Crippen molar-refractivity contribution in [1.82, 2.24) is 0 Å². The SMILES string of the molecule is [2H]C1=CCOC1[S]. The molecule has 1 nitrogen and oxygen atoms in total. The molecule has 0 bridgehead atoms. The first-order valence-corrected chi connectivity index (χ1v) is 2.22. The Morgan fingerprint density at radius 3 is 3.17 bits per heavy atom. The lowest BCUT2D eigenvalue weighted by atomic mass is 10.6. The molecule has 0 aliphatic carbocycles. The maximum Gasteiger partial charge on any atom is 0.132 e. The van der Waals surface area contributed by atoms with E-state index in [-0.39, 0.29) is 5.44 Å². The molecule has 1 heterocycles. The Bertz CT molecular complexity index is 102. The summed E-state index contributed by atoms with van der Waals surface area (Å²) in [7, 11) is 0. The van der Waals surface area contributed by atoms with Gasteiger partial charge in [-0.3, -0.25) is 0 Å². The number of rotatable bonds is 0. The Kier molecular flexibility index (Phi) is 0.862. The van der Waals surface area contributed by atoms with E-state index in [0.717, 1.165) is 0 Å². The fraction of sp³-hybridized carbons (Fsp3) is 0.500. The molecule has 0 aromatic rings. The molecular formula is C4H5OS. The van der Waals surface area contributed by atoms with Crippen LogP contribution in [0.3, 0.4) is 0 Å². The third-order valence-electron chi connectivity index (χ3n) is 0.585. The molecule has 2 heteroatoms. The Labute approximate surface area is 43.8 Å². The summed E-state index contributed by atoms with van der Waals surface area (Å²) in [6, 6.07) is 0.426. The topological polar surface area (TPSA) is 9.23 Å². The van der Waals surface area contributed by atoms with Crippen LogP contribution in [0.15, 0.2) is 12.1 Å². The van der Waals surface area contributed by atoms with E-state index in [0.29, 0.717) is 12.7 Å². The fourth-order valence-electron chi connectivity index (χ4n) is 0.328. The lowest BCUT2D eigenvalue weighted by molar-refractivity contribution is 0.190. The molecule has 0 saturated heterocycles. The second kappa shape index (κ2) is 1.67. The Morgan fingerprint density at radius 1 is 2.17 bits per heavy atom. The van der Waals surface area contributed by atoms with Crippen LogP contribution in [0.4, 0.5) is 0 Å². The lowest BCUT2D eigenvalue weighted by Gasteiger charge is -1.91. The maximum absolute atomic E-state index is 6.97. The molecule has 1 aliphatic rings. The maximum atomic E-state index is 6.97. The average molecular weight is 102 g/mol. The zero-order valence-electron chi connectivity index (χ0n) is 4.18. The summed E-state index contributed by atoms with van der Waals surface area (Å²) in [5.41, 5.74) is -0.375. The van der Waals surface area contributed by atoms with Crippen LogP contribution in [0.2, 0.25) is 0 Å². The van der Waals surface area contributed by atoms with E-state index in [1.165, 1.54) is 0 Å². The zero-order valence-corrected chi connectivity index (χ0v) is 3.99. The molecule has 1 rings (SSSR count). The van der Waals surface area contributed by atoms with Gasteiger partial charge >= 0.3 is 0 Å². The van der Waals surface area contributed by atoms with E-state index >= 15 is 0 Å². The molecule has 1 radical (unpaired) electrons. The van der Waals surface area contributed by atoms with Gasteiger partial charge in [0.15, 0.2) is 0 Å². The first-order chi connectivity index (χ1) is 3.30. The van der Waals surface area contributed by atoms with E-state index in [1.54, 1.807) is 6.08 Å². The molecule has 0 aromatic carbocycles. The molecule has 1 unspecified atom stereocenters. The van der Waals surface area contributed by atoms with Gasteiger partial charge in [0, 0.05) is 0 Å². The summed E-state index contributed by atoms with van der Waals surface area (Å²) in [5.74, 6) is 0. The molecule has 6 heavy (non-hydrogen) atoms. The normalized spacial score (nSPS) is 35.8. The first kappa shape index (κ1) is 3.10. The highest BCUT2D eigenvalue weighted by molar-refractivity contribution is 7.80. The second-order valence-electron chi connectivity index (χ2n) is 1.04. The van der Waals surface area contributed by atoms with Crippen molar-refractivity contribution in [3.63, 3.8) is 0 Å².